The molecule has 4 heterocycles. The zero-order valence-corrected chi connectivity index (χ0v) is 29.4. The van der Waals surface area contributed by atoms with Gasteiger partial charge in [-0.2, -0.15) is 0 Å². The minimum Gasteiger partial charge on any atom is -0.497 e. The largest absolute Gasteiger partial charge is 0.497 e. The van der Waals surface area contributed by atoms with Gasteiger partial charge in [-0.1, -0.05) is 24.3 Å². The molecule has 3 fully saturated rings. The van der Waals surface area contributed by atoms with Crippen molar-refractivity contribution in [3.63, 3.8) is 0 Å². The van der Waals surface area contributed by atoms with Crippen LogP contribution < -0.4 is 14.5 Å². The fraction of sp³-hybridized carbons (Fsp3) is 0.474. The molecule has 3 aromatic rings. The molecular weight excluding hydrogens is 660 g/mol. The summed E-state index contributed by atoms with van der Waals surface area (Å²) in [7, 11) is 1.57. The number of piperazine rings is 1. The number of nitrogens with zero attached hydrogens (tertiary/aromatic N) is 5. The van der Waals surface area contributed by atoms with Gasteiger partial charge in [0.05, 0.1) is 31.9 Å². The molecule has 270 valence electrons. The maximum atomic E-state index is 15.5. The van der Waals surface area contributed by atoms with Crippen molar-refractivity contribution in [3.8, 4) is 5.75 Å². The van der Waals surface area contributed by atoms with E-state index in [0.717, 1.165) is 26.9 Å². The normalized spacial score (nSPS) is 22.6. The topological polar surface area (TPSA) is 103 Å². The van der Waals surface area contributed by atoms with Crippen molar-refractivity contribution < 1.29 is 37.4 Å². The van der Waals surface area contributed by atoms with Crippen LogP contribution in [0.4, 0.5) is 25.0 Å². The third-order valence-corrected chi connectivity index (χ3v) is 10.3. The highest BCUT2D eigenvalue weighted by atomic mass is 19.3. The van der Waals surface area contributed by atoms with Crippen LogP contribution in [-0.4, -0.2) is 109 Å². The summed E-state index contributed by atoms with van der Waals surface area (Å²) >= 11 is 0. The maximum Gasteiger partial charge on any atom is 0.410 e. The number of rotatable bonds is 6. The summed E-state index contributed by atoms with van der Waals surface area (Å²) in [6.45, 7) is 6.59. The first-order chi connectivity index (χ1) is 24.3. The number of ether oxygens (including phenoxy) is 2. The predicted molar refractivity (Wildman–Crippen MR) is 187 cm³/mol. The average Bonchev–Trinajstić information content (AvgIpc) is 3.38. The highest BCUT2D eigenvalue weighted by Crippen LogP contribution is 2.44. The van der Waals surface area contributed by atoms with Gasteiger partial charge in [0.2, 0.25) is 5.91 Å². The monoisotopic (exact) mass is 703 g/mol. The highest BCUT2D eigenvalue weighted by molar-refractivity contribution is 6.28. The van der Waals surface area contributed by atoms with Crippen LogP contribution in [0, 0.1) is 0 Å². The number of imide groups is 1. The lowest BCUT2D eigenvalue weighted by molar-refractivity contribution is -0.149. The maximum absolute atomic E-state index is 15.5. The Balaban J connectivity index is 1.06. The van der Waals surface area contributed by atoms with Gasteiger partial charge < -0.3 is 19.3 Å². The Kier molecular flexibility index (Phi) is 8.89. The molecule has 4 amide bonds. The molecule has 2 unspecified atom stereocenters. The fourth-order valence-corrected chi connectivity index (χ4v) is 7.85. The Labute approximate surface area is 295 Å². The first kappa shape index (κ1) is 34.7. The van der Waals surface area contributed by atoms with Crippen molar-refractivity contribution >= 4 is 46.0 Å². The highest BCUT2D eigenvalue weighted by Gasteiger charge is 2.50. The van der Waals surface area contributed by atoms with Gasteiger partial charge in [0.1, 0.15) is 17.4 Å². The van der Waals surface area contributed by atoms with Crippen molar-refractivity contribution in [3.05, 3.63) is 65.7 Å². The molecule has 0 saturated carbocycles. The van der Waals surface area contributed by atoms with E-state index in [9.17, 15) is 19.2 Å². The summed E-state index contributed by atoms with van der Waals surface area (Å²) < 4.78 is 41.5. The van der Waals surface area contributed by atoms with Crippen LogP contribution in [0.15, 0.2) is 54.6 Å². The number of piperidine rings is 2. The zero-order valence-electron chi connectivity index (χ0n) is 29.4. The van der Waals surface area contributed by atoms with Gasteiger partial charge in [0.25, 0.3) is 17.7 Å². The molecular formula is C38H43F2N5O6. The Morgan fingerprint density at radius 2 is 1.61 bits per heavy atom. The molecule has 0 aliphatic carbocycles. The smallest absolute Gasteiger partial charge is 0.410 e. The standard InChI is InChI=1S/C38H43F2N5O6/c1-37(2,3)51-36(49)43-17-16-31(38(39,40)23-43)42-20-18-41(19-21-42)28-12-13-29-33-26(28)6-5-7-27(33)34(47)45(29)30-14-15-32(46)44(35(30)48)22-24-8-10-25(50-4)11-9-24/h5-13,30-31H,14-23H2,1-4H3. The number of benzene rings is 3. The molecule has 2 atom stereocenters. The van der Waals surface area contributed by atoms with E-state index in [4.69, 9.17) is 9.47 Å². The number of carbonyl (C=O) groups excluding carboxylic acids is 4. The third-order valence-electron chi connectivity index (χ3n) is 10.3. The number of anilines is 2. The van der Waals surface area contributed by atoms with Gasteiger partial charge in [0, 0.05) is 61.2 Å². The van der Waals surface area contributed by atoms with Crippen LogP contribution in [0.3, 0.4) is 0 Å². The molecule has 0 radical (unpaired) electrons. The van der Waals surface area contributed by atoms with Crippen molar-refractivity contribution in [2.45, 2.75) is 70.2 Å². The molecule has 4 aliphatic heterocycles. The molecule has 0 bridgehead atoms. The quantitative estimate of drug-likeness (QED) is 0.319. The van der Waals surface area contributed by atoms with E-state index < -0.39 is 42.2 Å². The molecule has 3 saturated heterocycles. The number of amides is 4. The lowest BCUT2D eigenvalue weighted by Gasteiger charge is -2.46. The third kappa shape index (κ3) is 6.47. The summed E-state index contributed by atoms with van der Waals surface area (Å²) in [5.41, 5.74) is 2.02. The van der Waals surface area contributed by atoms with E-state index in [1.165, 1.54) is 4.90 Å². The van der Waals surface area contributed by atoms with Gasteiger partial charge in [-0.3, -0.25) is 29.1 Å². The second-order valence-electron chi connectivity index (χ2n) is 14.7. The number of hydrogen-bond acceptors (Lipinski definition) is 8. The Hall–Kier alpha value is -4.78. The second-order valence-corrected chi connectivity index (χ2v) is 14.7. The summed E-state index contributed by atoms with van der Waals surface area (Å²) in [5.74, 6) is -3.39. The average molecular weight is 704 g/mol. The molecule has 7 rings (SSSR count). The minimum absolute atomic E-state index is 0.0995. The molecule has 0 N–H and O–H groups in total. The summed E-state index contributed by atoms with van der Waals surface area (Å²) in [6, 6.07) is 14.7. The number of methoxy groups -OCH3 is 1. The lowest BCUT2D eigenvalue weighted by atomic mass is 9.98. The van der Waals surface area contributed by atoms with Gasteiger partial charge in [-0.05, 0) is 69.5 Å². The number of likely N-dealkylation sites (tertiary alicyclic amines) is 2. The van der Waals surface area contributed by atoms with Crippen LogP contribution in [0.2, 0.25) is 0 Å². The van der Waals surface area contributed by atoms with E-state index in [1.807, 2.05) is 41.3 Å². The number of halogens is 2. The Morgan fingerprint density at radius 1 is 0.902 bits per heavy atom. The minimum atomic E-state index is -3.09. The van der Waals surface area contributed by atoms with Crippen molar-refractivity contribution in [1.82, 2.24) is 14.7 Å². The second kappa shape index (κ2) is 13.1. The molecule has 4 aliphatic rings. The van der Waals surface area contributed by atoms with Crippen LogP contribution in [-0.2, 0) is 20.9 Å². The van der Waals surface area contributed by atoms with Crippen LogP contribution in [0.1, 0.15) is 56.0 Å². The first-order valence-electron chi connectivity index (χ1n) is 17.5. The lowest BCUT2D eigenvalue weighted by Crippen LogP contribution is -2.62. The van der Waals surface area contributed by atoms with Gasteiger partial charge in [-0.15, -0.1) is 0 Å². The number of carbonyl (C=O) groups is 4. The van der Waals surface area contributed by atoms with Crippen LogP contribution >= 0.6 is 0 Å². The van der Waals surface area contributed by atoms with E-state index in [0.29, 0.717) is 43.2 Å². The predicted octanol–water partition coefficient (Wildman–Crippen LogP) is 5.29. The molecule has 11 nitrogen and oxygen atoms in total. The molecule has 0 aromatic heterocycles. The van der Waals surface area contributed by atoms with Gasteiger partial charge >= 0.3 is 6.09 Å². The fourth-order valence-electron chi connectivity index (χ4n) is 7.85. The molecule has 13 heteroatoms. The van der Waals surface area contributed by atoms with Crippen molar-refractivity contribution in [2.75, 3.05) is 56.2 Å². The van der Waals surface area contributed by atoms with E-state index in [2.05, 4.69) is 4.90 Å². The van der Waals surface area contributed by atoms with Gasteiger partial charge in [0.15, 0.2) is 0 Å². The Bertz CT molecular complexity index is 1870. The van der Waals surface area contributed by atoms with Crippen LogP contribution in [0.25, 0.3) is 10.8 Å². The Morgan fingerprint density at radius 3 is 2.27 bits per heavy atom. The zero-order chi connectivity index (χ0) is 36.2. The first-order valence-corrected chi connectivity index (χ1v) is 17.5. The SMILES string of the molecule is COc1ccc(CN2C(=O)CCC(N3C(=O)c4cccc5c(N6CCN(C7CCN(C(=O)OC(C)(C)C)CC7(F)F)CC6)ccc3c45)C2=O)cc1. The molecule has 3 aromatic carbocycles. The van der Waals surface area contributed by atoms with E-state index in [-0.39, 0.29) is 44.2 Å². The summed E-state index contributed by atoms with van der Waals surface area (Å²) in [5, 5.41) is 1.59. The van der Waals surface area contributed by atoms with Crippen molar-refractivity contribution in [2.24, 2.45) is 0 Å². The molecule has 51 heavy (non-hydrogen) atoms. The summed E-state index contributed by atoms with van der Waals surface area (Å²) in [4.78, 5) is 61.2. The number of alkyl halides is 2. The van der Waals surface area contributed by atoms with Crippen molar-refractivity contribution in [1.29, 1.82) is 0 Å². The van der Waals surface area contributed by atoms with E-state index in [1.54, 1.807) is 51.0 Å². The number of hydrogen-bond donors (Lipinski definition) is 0. The van der Waals surface area contributed by atoms with E-state index >= 15 is 8.78 Å². The molecule has 0 spiro atoms. The summed E-state index contributed by atoms with van der Waals surface area (Å²) in [6.07, 6.45) is -0.212. The van der Waals surface area contributed by atoms with Gasteiger partial charge in [-0.25, -0.2) is 13.6 Å². The van der Waals surface area contributed by atoms with Crippen LogP contribution in [0.5, 0.6) is 5.75 Å².